The first-order valence-corrected chi connectivity index (χ1v) is 11.4. The van der Waals surface area contributed by atoms with Gasteiger partial charge in [-0.1, -0.05) is 18.2 Å². The Morgan fingerprint density at radius 1 is 0.909 bits per heavy atom. The highest BCUT2D eigenvalue weighted by molar-refractivity contribution is 5.62. The quantitative estimate of drug-likeness (QED) is 0.512. The number of benzene rings is 2. The van der Waals surface area contributed by atoms with E-state index in [1.54, 1.807) is 14.2 Å². The molecule has 1 fully saturated rings. The van der Waals surface area contributed by atoms with E-state index in [1.165, 1.54) is 5.56 Å². The number of hydrogen-bond acceptors (Lipinski definition) is 7. The smallest absolute Gasteiger partial charge is 0.222 e. The maximum atomic E-state index is 5.72. The van der Waals surface area contributed by atoms with Gasteiger partial charge in [-0.2, -0.15) is 0 Å². The molecule has 0 unspecified atom stereocenters. The van der Waals surface area contributed by atoms with Crippen molar-refractivity contribution in [3.05, 3.63) is 60.4 Å². The van der Waals surface area contributed by atoms with E-state index in [4.69, 9.17) is 14.2 Å². The van der Waals surface area contributed by atoms with Gasteiger partial charge in [-0.3, -0.25) is 4.90 Å². The first-order valence-electron chi connectivity index (χ1n) is 11.4. The van der Waals surface area contributed by atoms with Crippen LogP contribution in [0.5, 0.6) is 17.2 Å². The van der Waals surface area contributed by atoms with Crippen molar-refractivity contribution in [1.82, 2.24) is 14.9 Å². The van der Waals surface area contributed by atoms with Gasteiger partial charge in [-0.05, 0) is 55.2 Å². The summed E-state index contributed by atoms with van der Waals surface area (Å²) in [5.41, 5.74) is 3.30. The van der Waals surface area contributed by atoms with Crippen molar-refractivity contribution in [1.29, 1.82) is 0 Å². The zero-order valence-corrected chi connectivity index (χ0v) is 19.6. The van der Waals surface area contributed by atoms with Gasteiger partial charge in [0.05, 0.1) is 20.8 Å². The molecule has 7 heteroatoms. The lowest BCUT2D eigenvalue weighted by atomic mass is 10.0. The molecule has 1 N–H and O–H groups in total. The Labute approximate surface area is 195 Å². The predicted molar refractivity (Wildman–Crippen MR) is 130 cm³/mol. The number of ether oxygens (including phenoxy) is 3. The van der Waals surface area contributed by atoms with E-state index in [9.17, 15) is 0 Å². The van der Waals surface area contributed by atoms with Crippen molar-refractivity contribution in [3.63, 3.8) is 0 Å². The highest BCUT2D eigenvalue weighted by Crippen LogP contribution is 2.29. The summed E-state index contributed by atoms with van der Waals surface area (Å²) in [7, 11) is 3.34. The van der Waals surface area contributed by atoms with Crippen molar-refractivity contribution >= 4 is 5.95 Å². The molecule has 3 aromatic rings. The second-order valence-corrected chi connectivity index (χ2v) is 8.14. The highest BCUT2D eigenvalue weighted by atomic mass is 16.5. The summed E-state index contributed by atoms with van der Waals surface area (Å²) in [6.07, 6.45) is 5.84. The average molecular weight is 449 g/mol. The van der Waals surface area contributed by atoms with E-state index in [0.29, 0.717) is 18.6 Å². The Hall–Kier alpha value is -3.32. The summed E-state index contributed by atoms with van der Waals surface area (Å²) in [6, 6.07) is 14.5. The van der Waals surface area contributed by atoms with Crippen LogP contribution in [-0.4, -0.2) is 54.8 Å². The van der Waals surface area contributed by atoms with Crippen LogP contribution in [0.4, 0.5) is 5.95 Å². The van der Waals surface area contributed by atoms with Crippen LogP contribution in [0, 0.1) is 0 Å². The summed E-state index contributed by atoms with van der Waals surface area (Å²) in [4.78, 5) is 11.5. The lowest BCUT2D eigenvalue weighted by Gasteiger charge is -2.32. The second-order valence-electron chi connectivity index (χ2n) is 8.14. The first kappa shape index (κ1) is 22.9. The lowest BCUT2D eigenvalue weighted by molar-refractivity contribution is 0.210. The minimum absolute atomic E-state index is 0.378. The van der Waals surface area contributed by atoms with Gasteiger partial charge in [-0.15, -0.1) is 0 Å². The fourth-order valence-corrected chi connectivity index (χ4v) is 4.10. The van der Waals surface area contributed by atoms with Gasteiger partial charge < -0.3 is 19.5 Å². The second kappa shape index (κ2) is 11.0. The van der Waals surface area contributed by atoms with Crippen LogP contribution >= 0.6 is 0 Å². The topological polar surface area (TPSA) is 68.7 Å². The molecular weight excluding hydrogens is 416 g/mol. The number of rotatable bonds is 9. The Morgan fingerprint density at radius 2 is 1.64 bits per heavy atom. The molecule has 0 aliphatic carbocycles. The standard InChI is InChI=1S/C26H32N4O3/c1-4-33-25-15-19(5-10-24(25)32-3)18-30-13-11-22(12-14-30)29-26-27-16-21(17-28-26)20-6-8-23(31-2)9-7-20/h5-10,15-17,22H,4,11-14,18H2,1-3H3,(H,27,28,29). The van der Waals surface area contributed by atoms with E-state index in [0.717, 1.165) is 60.9 Å². The molecule has 1 saturated heterocycles. The average Bonchev–Trinajstić information content (AvgIpc) is 2.86. The highest BCUT2D eigenvalue weighted by Gasteiger charge is 2.20. The number of aromatic nitrogens is 2. The number of likely N-dealkylation sites (tertiary alicyclic amines) is 1. The largest absolute Gasteiger partial charge is 0.497 e. The van der Waals surface area contributed by atoms with E-state index >= 15 is 0 Å². The molecule has 2 heterocycles. The molecule has 7 nitrogen and oxygen atoms in total. The minimum Gasteiger partial charge on any atom is -0.497 e. The minimum atomic E-state index is 0.378. The number of anilines is 1. The van der Waals surface area contributed by atoms with Crippen LogP contribution in [0.25, 0.3) is 11.1 Å². The molecule has 0 saturated carbocycles. The molecule has 0 spiro atoms. The summed E-state index contributed by atoms with van der Waals surface area (Å²) in [6.45, 7) is 5.57. The van der Waals surface area contributed by atoms with Gasteiger partial charge in [0.25, 0.3) is 0 Å². The van der Waals surface area contributed by atoms with Crippen LogP contribution in [0.1, 0.15) is 25.3 Å². The fourth-order valence-electron chi connectivity index (χ4n) is 4.10. The van der Waals surface area contributed by atoms with Crippen molar-refractivity contribution in [2.75, 3.05) is 39.2 Å². The van der Waals surface area contributed by atoms with Gasteiger partial charge >= 0.3 is 0 Å². The molecule has 4 rings (SSSR count). The van der Waals surface area contributed by atoms with Crippen molar-refractivity contribution in [2.24, 2.45) is 0 Å². The molecule has 1 aliphatic rings. The summed E-state index contributed by atoms with van der Waals surface area (Å²) in [5.74, 6) is 3.11. The zero-order chi connectivity index (χ0) is 23.0. The summed E-state index contributed by atoms with van der Waals surface area (Å²) >= 11 is 0. The van der Waals surface area contributed by atoms with Gasteiger partial charge in [-0.25, -0.2) is 9.97 Å². The van der Waals surface area contributed by atoms with Crippen molar-refractivity contribution in [3.8, 4) is 28.4 Å². The fraction of sp³-hybridized carbons (Fsp3) is 0.385. The first-order chi connectivity index (χ1) is 16.2. The van der Waals surface area contributed by atoms with Crippen LogP contribution in [0.15, 0.2) is 54.9 Å². The van der Waals surface area contributed by atoms with Crippen LogP contribution in [0.3, 0.4) is 0 Å². The predicted octanol–water partition coefficient (Wildman–Crippen LogP) is 4.64. The third-order valence-electron chi connectivity index (χ3n) is 5.93. The molecule has 0 bridgehead atoms. The molecule has 174 valence electrons. The molecular formula is C26H32N4O3. The normalized spacial score (nSPS) is 14.6. The summed E-state index contributed by atoms with van der Waals surface area (Å²) < 4.78 is 16.3. The monoisotopic (exact) mass is 448 g/mol. The Morgan fingerprint density at radius 3 is 2.27 bits per heavy atom. The molecule has 33 heavy (non-hydrogen) atoms. The summed E-state index contributed by atoms with van der Waals surface area (Å²) in [5, 5.41) is 3.50. The SMILES string of the molecule is CCOc1cc(CN2CCC(Nc3ncc(-c4ccc(OC)cc4)cn3)CC2)ccc1OC. The number of methoxy groups -OCH3 is 2. The Kier molecular flexibility index (Phi) is 7.62. The number of nitrogens with one attached hydrogen (secondary N) is 1. The van der Waals surface area contributed by atoms with E-state index in [2.05, 4.69) is 32.3 Å². The number of hydrogen-bond donors (Lipinski definition) is 1. The van der Waals surface area contributed by atoms with Crippen LogP contribution in [-0.2, 0) is 6.54 Å². The molecule has 1 aromatic heterocycles. The number of piperidine rings is 1. The molecule has 2 aromatic carbocycles. The van der Waals surface area contributed by atoms with Gasteiger partial charge in [0.2, 0.25) is 5.95 Å². The maximum Gasteiger partial charge on any atom is 0.222 e. The van der Waals surface area contributed by atoms with Crippen molar-refractivity contribution in [2.45, 2.75) is 32.4 Å². The van der Waals surface area contributed by atoms with Crippen LogP contribution in [0.2, 0.25) is 0 Å². The number of nitrogens with zero attached hydrogens (tertiary/aromatic N) is 3. The molecule has 0 amide bonds. The third kappa shape index (κ3) is 5.93. The molecule has 0 radical (unpaired) electrons. The Balaban J connectivity index is 1.28. The van der Waals surface area contributed by atoms with E-state index in [-0.39, 0.29) is 0 Å². The van der Waals surface area contributed by atoms with E-state index in [1.807, 2.05) is 49.6 Å². The molecule has 0 atom stereocenters. The van der Waals surface area contributed by atoms with Gasteiger partial charge in [0.15, 0.2) is 11.5 Å². The van der Waals surface area contributed by atoms with Crippen molar-refractivity contribution < 1.29 is 14.2 Å². The van der Waals surface area contributed by atoms with E-state index < -0.39 is 0 Å². The third-order valence-corrected chi connectivity index (χ3v) is 5.93. The van der Waals surface area contributed by atoms with Gasteiger partial charge in [0.1, 0.15) is 5.75 Å². The van der Waals surface area contributed by atoms with Gasteiger partial charge in [0, 0.05) is 43.6 Å². The van der Waals surface area contributed by atoms with Crippen LogP contribution < -0.4 is 19.5 Å². The maximum absolute atomic E-state index is 5.72. The zero-order valence-electron chi connectivity index (χ0n) is 19.6. The molecule has 1 aliphatic heterocycles. The Bertz CT molecular complexity index is 1020. The lowest BCUT2D eigenvalue weighted by Crippen LogP contribution is -2.38.